The average Bonchev–Trinajstić information content (AvgIpc) is 2.74. The Morgan fingerprint density at radius 3 is 2.79 bits per heavy atom. The van der Waals surface area contributed by atoms with Crippen molar-refractivity contribution in [1.29, 1.82) is 0 Å². The van der Waals surface area contributed by atoms with Gasteiger partial charge in [-0.2, -0.15) is 13.2 Å². The molecule has 0 aliphatic rings. The van der Waals surface area contributed by atoms with Gasteiger partial charge in [0.05, 0.1) is 6.04 Å². The van der Waals surface area contributed by atoms with E-state index >= 15 is 0 Å². The summed E-state index contributed by atoms with van der Waals surface area (Å²) in [5.41, 5.74) is -0.0475. The van der Waals surface area contributed by atoms with Gasteiger partial charge in [0, 0.05) is 6.20 Å². The Hall–Kier alpha value is -1.90. The molecule has 1 aromatic heterocycles. The monoisotopic (exact) mass is 272 g/mol. The van der Waals surface area contributed by atoms with Crippen LogP contribution in [0, 0.1) is 12.3 Å². The summed E-state index contributed by atoms with van der Waals surface area (Å²) in [4.78, 5) is 11.9. The highest BCUT2D eigenvalue weighted by molar-refractivity contribution is 5.93. The Balaban J connectivity index is 2.78. The second-order valence-electron chi connectivity index (χ2n) is 4.12. The van der Waals surface area contributed by atoms with Crippen molar-refractivity contribution >= 4 is 5.91 Å². The normalized spacial score (nSPS) is 12.8. The molecule has 0 fully saturated rings. The molecular formula is C13H15F3N2O. The molecular weight excluding hydrogens is 257 g/mol. The summed E-state index contributed by atoms with van der Waals surface area (Å²) in [5, 5.41) is 2.53. The number of terminal acetylenes is 1. The molecule has 0 bridgehead atoms. The van der Waals surface area contributed by atoms with Crippen molar-refractivity contribution in [1.82, 2.24) is 9.88 Å². The lowest BCUT2D eigenvalue weighted by Crippen LogP contribution is -2.35. The van der Waals surface area contributed by atoms with Crippen molar-refractivity contribution in [2.75, 3.05) is 0 Å². The average molecular weight is 272 g/mol. The van der Waals surface area contributed by atoms with Crippen LogP contribution in [-0.2, 0) is 6.54 Å². The smallest absolute Gasteiger partial charge is 0.337 e. The predicted molar refractivity (Wildman–Crippen MR) is 65.5 cm³/mol. The number of nitrogens with one attached hydrogen (secondary N) is 1. The zero-order chi connectivity index (χ0) is 14.5. The van der Waals surface area contributed by atoms with Crippen molar-refractivity contribution in [2.24, 2.45) is 0 Å². The minimum atomic E-state index is -4.37. The number of hydrogen-bond donors (Lipinski definition) is 1. The number of alkyl halides is 3. The number of aromatic nitrogens is 1. The van der Waals surface area contributed by atoms with Crippen molar-refractivity contribution < 1.29 is 18.0 Å². The molecule has 19 heavy (non-hydrogen) atoms. The van der Waals surface area contributed by atoms with E-state index in [4.69, 9.17) is 6.42 Å². The first kappa shape index (κ1) is 15.2. The van der Waals surface area contributed by atoms with E-state index in [9.17, 15) is 18.0 Å². The molecule has 1 heterocycles. The van der Waals surface area contributed by atoms with Crippen LogP contribution >= 0.6 is 0 Å². The molecule has 0 aromatic carbocycles. The SMILES string of the molecule is C#CC(CCC)NC(=O)c1cccn1CC(F)(F)F. The second-order valence-corrected chi connectivity index (χ2v) is 4.12. The number of halogens is 3. The van der Waals surface area contributed by atoms with Gasteiger partial charge in [-0.1, -0.05) is 19.3 Å². The van der Waals surface area contributed by atoms with Crippen LogP contribution in [0.3, 0.4) is 0 Å². The van der Waals surface area contributed by atoms with Crippen molar-refractivity contribution in [2.45, 2.75) is 38.5 Å². The summed E-state index contributed by atoms with van der Waals surface area (Å²) in [6, 6.07) is 2.26. The Kier molecular flexibility index (Phi) is 5.04. The second kappa shape index (κ2) is 6.32. The number of amides is 1. The van der Waals surface area contributed by atoms with Crippen LogP contribution in [0.2, 0.25) is 0 Å². The lowest BCUT2D eigenvalue weighted by Gasteiger charge is -2.14. The van der Waals surface area contributed by atoms with Gasteiger partial charge in [0.1, 0.15) is 12.2 Å². The predicted octanol–water partition coefficient (Wildman–Crippen LogP) is 2.58. The number of rotatable bonds is 5. The summed E-state index contributed by atoms with van der Waals surface area (Å²) in [5.74, 6) is 1.81. The van der Waals surface area contributed by atoms with Gasteiger partial charge in [0.15, 0.2) is 0 Å². The molecule has 0 saturated carbocycles. The van der Waals surface area contributed by atoms with Gasteiger partial charge in [-0.3, -0.25) is 4.79 Å². The fourth-order valence-electron chi connectivity index (χ4n) is 1.67. The van der Waals surface area contributed by atoms with Crippen molar-refractivity contribution in [3.8, 4) is 12.3 Å². The molecule has 1 unspecified atom stereocenters. The van der Waals surface area contributed by atoms with Gasteiger partial charge in [0.2, 0.25) is 0 Å². The number of carbonyl (C=O) groups excluding carboxylic acids is 1. The summed E-state index contributed by atoms with van der Waals surface area (Å²) in [6.45, 7) is 0.708. The summed E-state index contributed by atoms with van der Waals surface area (Å²) in [7, 11) is 0. The number of nitrogens with zero attached hydrogens (tertiary/aromatic N) is 1. The topological polar surface area (TPSA) is 34.0 Å². The van der Waals surface area contributed by atoms with Crippen LogP contribution < -0.4 is 5.32 Å². The zero-order valence-electron chi connectivity index (χ0n) is 10.5. The molecule has 0 spiro atoms. The Labute approximate surface area is 109 Å². The van der Waals surface area contributed by atoms with E-state index in [2.05, 4.69) is 11.2 Å². The van der Waals surface area contributed by atoms with E-state index in [1.54, 1.807) is 0 Å². The van der Waals surface area contributed by atoms with E-state index < -0.39 is 24.7 Å². The number of carbonyl (C=O) groups is 1. The third-order valence-corrected chi connectivity index (χ3v) is 2.50. The Morgan fingerprint density at radius 2 is 2.26 bits per heavy atom. The van der Waals surface area contributed by atoms with Crippen LogP contribution in [-0.4, -0.2) is 22.7 Å². The van der Waals surface area contributed by atoms with Gasteiger partial charge in [-0.25, -0.2) is 0 Å². The van der Waals surface area contributed by atoms with Crippen LogP contribution in [0.25, 0.3) is 0 Å². The largest absolute Gasteiger partial charge is 0.406 e. The summed E-state index contributed by atoms with van der Waals surface area (Å²) < 4.78 is 37.8. The van der Waals surface area contributed by atoms with Gasteiger partial charge in [-0.15, -0.1) is 6.42 Å². The fraction of sp³-hybridized carbons (Fsp3) is 0.462. The zero-order valence-corrected chi connectivity index (χ0v) is 10.5. The van der Waals surface area contributed by atoms with E-state index in [-0.39, 0.29) is 5.69 Å². The summed E-state index contributed by atoms with van der Waals surface area (Å²) in [6.07, 6.45) is 3.45. The highest BCUT2D eigenvalue weighted by Gasteiger charge is 2.29. The first-order valence-electron chi connectivity index (χ1n) is 5.86. The van der Waals surface area contributed by atoms with Gasteiger partial charge in [-0.05, 0) is 18.6 Å². The summed E-state index contributed by atoms with van der Waals surface area (Å²) >= 11 is 0. The van der Waals surface area contributed by atoms with Gasteiger partial charge < -0.3 is 9.88 Å². The molecule has 0 aliphatic heterocycles. The molecule has 1 atom stereocenters. The quantitative estimate of drug-likeness (QED) is 0.821. The minimum Gasteiger partial charge on any atom is -0.337 e. The minimum absolute atomic E-state index is 0.0475. The van der Waals surface area contributed by atoms with Crippen LogP contribution in [0.15, 0.2) is 18.3 Å². The highest BCUT2D eigenvalue weighted by atomic mass is 19.4. The number of hydrogen-bond acceptors (Lipinski definition) is 1. The molecule has 104 valence electrons. The first-order chi connectivity index (χ1) is 8.87. The van der Waals surface area contributed by atoms with Gasteiger partial charge in [0.25, 0.3) is 5.91 Å². The Bertz CT molecular complexity index is 471. The Morgan fingerprint density at radius 1 is 1.58 bits per heavy atom. The molecule has 1 amide bonds. The van der Waals surface area contributed by atoms with Crippen molar-refractivity contribution in [3.05, 3.63) is 24.0 Å². The van der Waals surface area contributed by atoms with Crippen LogP contribution in [0.5, 0.6) is 0 Å². The maximum atomic E-state index is 12.3. The lowest BCUT2D eigenvalue weighted by molar-refractivity contribution is -0.140. The van der Waals surface area contributed by atoms with Crippen LogP contribution in [0.4, 0.5) is 13.2 Å². The maximum Gasteiger partial charge on any atom is 0.406 e. The van der Waals surface area contributed by atoms with E-state index in [0.717, 1.165) is 11.0 Å². The third-order valence-electron chi connectivity index (χ3n) is 2.50. The molecule has 3 nitrogen and oxygen atoms in total. The molecule has 1 aromatic rings. The van der Waals surface area contributed by atoms with Crippen LogP contribution in [0.1, 0.15) is 30.3 Å². The maximum absolute atomic E-state index is 12.3. The van der Waals surface area contributed by atoms with Gasteiger partial charge >= 0.3 is 6.18 Å². The van der Waals surface area contributed by atoms with E-state index in [0.29, 0.717) is 6.42 Å². The fourth-order valence-corrected chi connectivity index (χ4v) is 1.67. The molecule has 0 radical (unpaired) electrons. The lowest BCUT2D eigenvalue weighted by atomic mass is 10.2. The molecule has 1 rings (SSSR count). The highest BCUT2D eigenvalue weighted by Crippen LogP contribution is 2.19. The molecule has 0 aliphatic carbocycles. The molecule has 0 saturated heterocycles. The van der Waals surface area contributed by atoms with E-state index in [1.165, 1.54) is 18.3 Å². The third kappa shape index (κ3) is 4.70. The standard InChI is InChI=1S/C13H15F3N2O/c1-3-6-10(4-2)17-12(19)11-7-5-8-18(11)9-13(14,15)16/h2,5,7-8,10H,3,6,9H2,1H3,(H,17,19). The van der Waals surface area contributed by atoms with E-state index in [1.807, 2.05) is 6.92 Å². The van der Waals surface area contributed by atoms with Crippen molar-refractivity contribution in [3.63, 3.8) is 0 Å². The molecule has 1 N–H and O–H groups in total. The molecule has 6 heteroatoms. The first-order valence-corrected chi connectivity index (χ1v) is 5.86.